The number of unbranched alkanes of at least 4 members (excludes halogenated alkanes) is 9. The van der Waals surface area contributed by atoms with Gasteiger partial charge in [0.2, 0.25) is 0 Å². The van der Waals surface area contributed by atoms with E-state index in [2.05, 4.69) is 12.2 Å². The zero-order valence-corrected chi connectivity index (χ0v) is 16.0. The van der Waals surface area contributed by atoms with Crippen molar-refractivity contribution in [3.63, 3.8) is 0 Å². The van der Waals surface area contributed by atoms with Crippen molar-refractivity contribution in [3.8, 4) is 0 Å². The zero-order chi connectivity index (χ0) is 16.5. The Morgan fingerprint density at radius 3 is 1.87 bits per heavy atom. The number of nitrogens with one attached hydrogen (secondary N) is 1. The normalized spacial score (nSPS) is 11.8. The maximum atomic E-state index is 11.2. The summed E-state index contributed by atoms with van der Waals surface area (Å²) >= 11 is 0. The first kappa shape index (κ1) is 24.6. The molecule has 0 aromatic rings. The van der Waals surface area contributed by atoms with Gasteiger partial charge in [0.25, 0.3) is 0 Å². The van der Waals surface area contributed by atoms with Gasteiger partial charge in [0.05, 0.1) is 13.0 Å². The molecule has 0 aliphatic rings. The molecule has 4 N–H and O–H groups in total. The van der Waals surface area contributed by atoms with Crippen molar-refractivity contribution in [2.75, 3.05) is 20.2 Å². The Balaban J connectivity index is 0. The summed E-state index contributed by atoms with van der Waals surface area (Å²) in [6.07, 6.45) is 15.8. The van der Waals surface area contributed by atoms with E-state index in [1.54, 1.807) is 0 Å². The third-order valence-electron chi connectivity index (χ3n) is 4.30. The molecule has 0 spiro atoms. The minimum absolute atomic E-state index is 0. The van der Waals surface area contributed by atoms with Gasteiger partial charge in [0, 0.05) is 0 Å². The molecule has 0 saturated carbocycles. The Hall–Kier alpha value is -0.610. The van der Waals surface area contributed by atoms with E-state index in [9.17, 15) is 4.79 Å². The molecule has 0 radical (unpaired) electrons. The molecule has 1 atom stereocenters. The van der Waals surface area contributed by atoms with Gasteiger partial charge in [-0.3, -0.25) is 4.79 Å². The first-order valence-corrected chi connectivity index (χ1v) is 9.50. The Bertz CT molecular complexity index is 248. The lowest BCUT2D eigenvalue weighted by Crippen LogP contribution is -2.19. The lowest BCUT2D eigenvalue weighted by atomic mass is 10.1. The molecule has 23 heavy (non-hydrogen) atoms. The molecule has 0 aliphatic carbocycles. The standard InChI is InChI=1S/C19H39NO2.H3N/c1-4-5-6-7-8-9-10-11-12-13-16-20-17-14-15-18(2)19(21)22-3;/h18,20H,4-17H2,1-3H3;1H3. The Kier molecular flexibility index (Phi) is 20.8. The Morgan fingerprint density at radius 2 is 1.35 bits per heavy atom. The molecule has 0 aromatic heterocycles. The van der Waals surface area contributed by atoms with Crippen LogP contribution in [-0.4, -0.2) is 26.2 Å². The highest BCUT2D eigenvalue weighted by atomic mass is 16.5. The Labute approximate surface area is 144 Å². The van der Waals surface area contributed by atoms with Crippen LogP contribution in [0.2, 0.25) is 0 Å². The first-order valence-electron chi connectivity index (χ1n) is 9.50. The van der Waals surface area contributed by atoms with Crippen LogP contribution in [0.5, 0.6) is 0 Å². The van der Waals surface area contributed by atoms with Crippen molar-refractivity contribution < 1.29 is 9.53 Å². The fourth-order valence-corrected chi connectivity index (χ4v) is 2.71. The second-order valence-corrected chi connectivity index (χ2v) is 6.50. The quantitative estimate of drug-likeness (QED) is 0.299. The highest BCUT2D eigenvalue weighted by Gasteiger charge is 2.11. The second-order valence-electron chi connectivity index (χ2n) is 6.50. The third-order valence-corrected chi connectivity index (χ3v) is 4.30. The average Bonchev–Trinajstić information content (AvgIpc) is 2.54. The van der Waals surface area contributed by atoms with Gasteiger partial charge in [-0.25, -0.2) is 0 Å². The zero-order valence-electron chi connectivity index (χ0n) is 16.0. The van der Waals surface area contributed by atoms with E-state index in [1.165, 1.54) is 71.3 Å². The van der Waals surface area contributed by atoms with E-state index in [0.29, 0.717) is 0 Å². The van der Waals surface area contributed by atoms with E-state index in [0.717, 1.165) is 25.9 Å². The van der Waals surface area contributed by atoms with Gasteiger partial charge in [-0.2, -0.15) is 0 Å². The molecule has 1 unspecified atom stereocenters. The van der Waals surface area contributed by atoms with Crippen LogP contribution in [0.3, 0.4) is 0 Å². The second kappa shape index (κ2) is 19.4. The van der Waals surface area contributed by atoms with E-state index >= 15 is 0 Å². The van der Waals surface area contributed by atoms with Crippen molar-refractivity contribution >= 4 is 5.97 Å². The number of ether oxygens (including phenoxy) is 1. The molecule has 0 fully saturated rings. The number of carbonyl (C=O) groups is 1. The van der Waals surface area contributed by atoms with E-state index in [-0.39, 0.29) is 18.0 Å². The molecule has 4 heteroatoms. The fraction of sp³-hybridized carbons (Fsp3) is 0.947. The van der Waals surface area contributed by atoms with Gasteiger partial charge in [0.1, 0.15) is 0 Å². The molecular formula is C19H42N2O2. The lowest BCUT2D eigenvalue weighted by molar-refractivity contribution is -0.145. The predicted octanol–water partition coefficient (Wildman–Crippen LogP) is 5.25. The van der Waals surface area contributed by atoms with Crippen molar-refractivity contribution in [1.82, 2.24) is 11.5 Å². The van der Waals surface area contributed by atoms with Crippen LogP contribution >= 0.6 is 0 Å². The summed E-state index contributed by atoms with van der Waals surface area (Å²) in [7, 11) is 1.46. The summed E-state index contributed by atoms with van der Waals surface area (Å²) < 4.78 is 4.72. The van der Waals surface area contributed by atoms with Crippen molar-refractivity contribution in [2.24, 2.45) is 5.92 Å². The van der Waals surface area contributed by atoms with Crippen LogP contribution in [0.25, 0.3) is 0 Å². The Morgan fingerprint density at radius 1 is 0.870 bits per heavy atom. The number of hydrogen-bond donors (Lipinski definition) is 2. The van der Waals surface area contributed by atoms with Gasteiger partial charge in [-0.15, -0.1) is 0 Å². The maximum Gasteiger partial charge on any atom is 0.308 e. The number of carbonyl (C=O) groups excluding carboxylic acids is 1. The molecule has 0 bridgehead atoms. The number of methoxy groups -OCH3 is 1. The summed E-state index contributed by atoms with van der Waals surface area (Å²) in [4.78, 5) is 11.2. The SMILES string of the molecule is CCCCCCCCCCCCNCCCC(C)C(=O)OC.N. The summed E-state index contributed by atoms with van der Waals surface area (Å²) in [5.41, 5.74) is 0. The first-order chi connectivity index (χ1) is 10.7. The van der Waals surface area contributed by atoms with Crippen LogP contribution in [0.4, 0.5) is 0 Å². The minimum Gasteiger partial charge on any atom is -0.469 e. The van der Waals surface area contributed by atoms with E-state index < -0.39 is 0 Å². The van der Waals surface area contributed by atoms with Crippen LogP contribution < -0.4 is 11.5 Å². The van der Waals surface area contributed by atoms with Crippen molar-refractivity contribution in [1.29, 1.82) is 0 Å². The van der Waals surface area contributed by atoms with Crippen molar-refractivity contribution in [3.05, 3.63) is 0 Å². The van der Waals surface area contributed by atoms with Crippen LogP contribution in [0, 0.1) is 5.92 Å². The highest BCUT2D eigenvalue weighted by Crippen LogP contribution is 2.10. The van der Waals surface area contributed by atoms with Gasteiger partial charge in [0.15, 0.2) is 0 Å². The monoisotopic (exact) mass is 330 g/mol. The van der Waals surface area contributed by atoms with Crippen LogP contribution in [-0.2, 0) is 9.53 Å². The molecule has 0 rings (SSSR count). The van der Waals surface area contributed by atoms with Gasteiger partial charge in [-0.05, 0) is 32.4 Å². The largest absolute Gasteiger partial charge is 0.469 e. The van der Waals surface area contributed by atoms with Gasteiger partial charge >= 0.3 is 5.97 Å². The fourth-order valence-electron chi connectivity index (χ4n) is 2.71. The minimum atomic E-state index is -0.0882. The summed E-state index contributed by atoms with van der Waals surface area (Å²) in [5, 5.41) is 3.47. The third kappa shape index (κ3) is 17.6. The van der Waals surface area contributed by atoms with Crippen LogP contribution in [0.15, 0.2) is 0 Å². The molecular weight excluding hydrogens is 288 g/mol. The molecule has 0 amide bonds. The predicted molar refractivity (Wildman–Crippen MR) is 100 cm³/mol. The number of hydrogen-bond acceptors (Lipinski definition) is 4. The molecule has 140 valence electrons. The van der Waals surface area contributed by atoms with Gasteiger partial charge < -0.3 is 16.2 Å². The average molecular weight is 331 g/mol. The highest BCUT2D eigenvalue weighted by molar-refractivity contribution is 5.71. The topological polar surface area (TPSA) is 73.3 Å². The maximum absolute atomic E-state index is 11.2. The van der Waals surface area contributed by atoms with Gasteiger partial charge in [-0.1, -0.05) is 71.6 Å². The van der Waals surface area contributed by atoms with E-state index in [4.69, 9.17) is 4.74 Å². The molecule has 0 aromatic carbocycles. The smallest absolute Gasteiger partial charge is 0.308 e. The summed E-state index contributed by atoms with van der Waals surface area (Å²) in [6, 6.07) is 0. The summed E-state index contributed by atoms with van der Waals surface area (Å²) in [5.74, 6) is -0.0566. The van der Waals surface area contributed by atoms with Crippen LogP contribution in [0.1, 0.15) is 90.9 Å². The molecule has 4 nitrogen and oxygen atoms in total. The number of esters is 1. The van der Waals surface area contributed by atoms with Crippen molar-refractivity contribution in [2.45, 2.75) is 90.9 Å². The van der Waals surface area contributed by atoms with E-state index in [1.807, 2.05) is 6.92 Å². The molecule has 0 heterocycles. The number of rotatable bonds is 16. The molecule has 0 aliphatic heterocycles. The molecule has 0 saturated heterocycles. The lowest BCUT2D eigenvalue weighted by Gasteiger charge is -2.09. The summed E-state index contributed by atoms with van der Waals surface area (Å²) in [6.45, 7) is 6.34.